The maximum Gasteiger partial charge on any atom is 0.227 e. The monoisotopic (exact) mass is 260 g/mol. The molecule has 4 heteroatoms. The Labute approximate surface area is 113 Å². The highest BCUT2D eigenvalue weighted by molar-refractivity contribution is 5.79. The van der Waals surface area contributed by atoms with Crippen LogP contribution in [0.1, 0.15) is 17.5 Å². The molecular weight excluding hydrogens is 240 g/mol. The van der Waals surface area contributed by atoms with Crippen molar-refractivity contribution in [3.8, 4) is 5.75 Å². The highest BCUT2D eigenvalue weighted by atomic mass is 16.5. The lowest BCUT2D eigenvalue weighted by Crippen LogP contribution is -2.33. The number of fused-ring (bicyclic) bond motifs is 1. The summed E-state index contributed by atoms with van der Waals surface area (Å²) in [5.74, 6) is 1.40. The van der Waals surface area contributed by atoms with E-state index in [2.05, 4.69) is 17.4 Å². The van der Waals surface area contributed by atoms with Crippen LogP contribution >= 0.6 is 0 Å². The highest BCUT2D eigenvalue weighted by Crippen LogP contribution is 2.26. The summed E-state index contributed by atoms with van der Waals surface area (Å²) in [7, 11) is 1.89. The van der Waals surface area contributed by atoms with E-state index in [1.165, 1.54) is 11.1 Å². The minimum atomic E-state index is 0.155. The van der Waals surface area contributed by atoms with E-state index < -0.39 is 0 Å². The van der Waals surface area contributed by atoms with Gasteiger partial charge >= 0.3 is 0 Å². The van der Waals surface area contributed by atoms with Crippen molar-refractivity contribution in [2.45, 2.75) is 19.4 Å². The van der Waals surface area contributed by atoms with E-state index in [-0.39, 0.29) is 11.8 Å². The van der Waals surface area contributed by atoms with Crippen LogP contribution in [0.25, 0.3) is 0 Å². The van der Waals surface area contributed by atoms with E-state index in [4.69, 9.17) is 4.74 Å². The second-order valence-electron chi connectivity index (χ2n) is 5.42. The molecule has 19 heavy (non-hydrogen) atoms. The summed E-state index contributed by atoms with van der Waals surface area (Å²) in [4.78, 5) is 14.1. The lowest BCUT2D eigenvalue weighted by molar-refractivity contribution is -0.134. The molecule has 2 aliphatic heterocycles. The average molecular weight is 260 g/mol. The van der Waals surface area contributed by atoms with Gasteiger partial charge < -0.3 is 15.0 Å². The molecule has 1 fully saturated rings. The molecule has 0 radical (unpaired) electrons. The van der Waals surface area contributed by atoms with Crippen LogP contribution in [0.15, 0.2) is 18.2 Å². The zero-order chi connectivity index (χ0) is 13.2. The molecule has 1 unspecified atom stereocenters. The van der Waals surface area contributed by atoms with Gasteiger partial charge in [-0.2, -0.15) is 0 Å². The molecule has 2 heterocycles. The lowest BCUT2D eigenvalue weighted by Gasteiger charge is -2.21. The van der Waals surface area contributed by atoms with Gasteiger partial charge in [0, 0.05) is 26.6 Å². The fourth-order valence-electron chi connectivity index (χ4n) is 2.87. The van der Waals surface area contributed by atoms with Crippen LogP contribution in [0.4, 0.5) is 0 Å². The second-order valence-corrected chi connectivity index (χ2v) is 5.42. The first-order valence-electron chi connectivity index (χ1n) is 6.94. The van der Waals surface area contributed by atoms with Crippen LogP contribution < -0.4 is 10.1 Å². The topological polar surface area (TPSA) is 41.6 Å². The molecule has 0 spiro atoms. The van der Waals surface area contributed by atoms with E-state index in [1.807, 2.05) is 18.0 Å². The smallest absolute Gasteiger partial charge is 0.227 e. The van der Waals surface area contributed by atoms with Crippen LogP contribution in [0.2, 0.25) is 0 Å². The Morgan fingerprint density at radius 1 is 1.53 bits per heavy atom. The zero-order valence-electron chi connectivity index (χ0n) is 11.3. The van der Waals surface area contributed by atoms with Crippen molar-refractivity contribution < 1.29 is 9.53 Å². The molecule has 1 N–H and O–H groups in total. The average Bonchev–Trinajstić information content (AvgIpc) is 3.08. The molecule has 2 aliphatic rings. The first-order chi connectivity index (χ1) is 9.24. The third-order valence-corrected chi connectivity index (χ3v) is 3.96. The third-order valence-electron chi connectivity index (χ3n) is 3.96. The molecule has 0 aliphatic carbocycles. The quantitative estimate of drug-likeness (QED) is 0.887. The van der Waals surface area contributed by atoms with E-state index in [0.717, 1.165) is 38.3 Å². The number of carbonyl (C=O) groups is 1. The summed E-state index contributed by atoms with van der Waals surface area (Å²) in [6, 6.07) is 6.24. The molecule has 102 valence electrons. The van der Waals surface area contributed by atoms with Gasteiger partial charge in [-0.3, -0.25) is 4.79 Å². The van der Waals surface area contributed by atoms with Gasteiger partial charge in [0.2, 0.25) is 5.91 Å². The molecular formula is C15H20N2O2. The Morgan fingerprint density at radius 3 is 3.21 bits per heavy atom. The van der Waals surface area contributed by atoms with Crippen LogP contribution in [0, 0.1) is 5.92 Å². The minimum Gasteiger partial charge on any atom is -0.493 e. The van der Waals surface area contributed by atoms with Crippen LogP contribution in [0.3, 0.4) is 0 Å². The number of benzene rings is 1. The molecule has 0 saturated carbocycles. The second kappa shape index (κ2) is 5.21. The summed E-state index contributed by atoms with van der Waals surface area (Å²) < 4.78 is 5.50. The maximum atomic E-state index is 12.2. The minimum absolute atomic E-state index is 0.155. The number of carbonyl (C=O) groups excluding carboxylic acids is 1. The summed E-state index contributed by atoms with van der Waals surface area (Å²) in [5, 5.41) is 3.24. The predicted octanol–water partition coefficient (Wildman–Crippen LogP) is 1.19. The van der Waals surface area contributed by atoms with E-state index in [0.29, 0.717) is 6.54 Å². The van der Waals surface area contributed by atoms with Crippen molar-refractivity contribution in [1.82, 2.24) is 10.2 Å². The van der Waals surface area contributed by atoms with Gasteiger partial charge in [-0.15, -0.1) is 0 Å². The normalized spacial score (nSPS) is 21.0. The van der Waals surface area contributed by atoms with Crippen molar-refractivity contribution in [3.05, 3.63) is 29.3 Å². The number of nitrogens with one attached hydrogen (secondary N) is 1. The molecule has 0 aromatic heterocycles. The van der Waals surface area contributed by atoms with Gasteiger partial charge in [0.1, 0.15) is 5.75 Å². The Bertz CT molecular complexity index is 481. The van der Waals surface area contributed by atoms with Crippen molar-refractivity contribution >= 4 is 5.91 Å². The van der Waals surface area contributed by atoms with Crippen molar-refractivity contribution in [1.29, 1.82) is 0 Å². The maximum absolute atomic E-state index is 12.2. The molecule has 3 rings (SSSR count). The van der Waals surface area contributed by atoms with Gasteiger partial charge in [-0.25, -0.2) is 0 Å². The molecule has 1 amide bonds. The fraction of sp³-hybridized carbons (Fsp3) is 0.533. The van der Waals surface area contributed by atoms with Crippen LogP contribution in [-0.4, -0.2) is 37.6 Å². The number of ether oxygens (including phenoxy) is 1. The third kappa shape index (κ3) is 2.59. The van der Waals surface area contributed by atoms with E-state index in [9.17, 15) is 4.79 Å². The first-order valence-corrected chi connectivity index (χ1v) is 6.94. The van der Waals surface area contributed by atoms with Crippen molar-refractivity contribution in [2.24, 2.45) is 5.92 Å². The standard InChI is InChI=1S/C15H20N2O2/c1-17(15(18)13-4-6-16-9-13)10-11-2-3-14-12(8-11)5-7-19-14/h2-3,8,13,16H,4-7,9-10H2,1H3. The van der Waals surface area contributed by atoms with E-state index >= 15 is 0 Å². The number of hydrogen-bond acceptors (Lipinski definition) is 3. The zero-order valence-corrected chi connectivity index (χ0v) is 11.3. The summed E-state index contributed by atoms with van der Waals surface area (Å²) >= 11 is 0. The van der Waals surface area contributed by atoms with Gasteiger partial charge in [0.15, 0.2) is 0 Å². The van der Waals surface area contributed by atoms with Gasteiger partial charge in [0.05, 0.1) is 12.5 Å². The largest absolute Gasteiger partial charge is 0.493 e. The van der Waals surface area contributed by atoms with E-state index in [1.54, 1.807) is 0 Å². The summed E-state index contributed by atoms with van der Waals surface area (Å²) in [6.07, 6.45) is 1.94. The predicted molar refractivity (Wildman–Crippen MR) is 73.1 cm³/mol. The Hall–Kier alpha value is -1.55. The Kier molecular flexibility index (Phi) is 3.42. The molecule has 0 bridgehead atoms. The number of amides is 1. The van der Waals surface area contributed by atoms with Crippen LogP contribution in [0.5, 0.6) is 5.75 Å². The number of rotatable bonds is 3. The SMILES string of the molecule is CN(Cc1ccc2c(c1)CCO2)C(=O)C1CCNC1. The van der Waals surface area contributed by atoms with Crippen molar-refractivity contribution in [3.63, 3.8) is 0 Å². The van der Waals surface area contributed by atoms with Crippen molar-refractivity contribution in [2.75, 3.05) is 26.7 Å². The molecule has 1 aromatic rings. The summed E-state index contributed by atoms with van der Waals surface area (Å²) in [5.41, 5.74) is 2.45. The van der Waals surface area contributed by atoms with Gasteiger partial charge in [0.25, 0.3) is 0 Å². The number of nitrogens with zero attached hydrogens (tertiary/aromatic N) is 1. The lowest BCUT2D eigenvalue weighted by atomic mass is 10.1. The molecule has 4 nitrogen and oxygen atoms in total. The molecule has 1 atom stereocenters. The first kappa shape index (κ1) is 12.5. The molecule has 1 saturated heterocycles. The molecule has 1 aromatic carbocycles. The Balaban J connectivity index is 1.65. The fourth-order valence-corrected chi connectivity index (χ4v) is 2.87. The van der Waals surface area contributed by atoms with Gasteiger partial charge in [-0.1, -0.05) is 12.1 Å². The number of hydrogen-bond donors (Lipinski definition) is 1. The highest BCUT2D eigenvalue weighted by Gasteiger charge is 2.25. The Morgan fingerprint density at radius 2 is 2.42 bits per heavy atom. The van der Waals surface area contributed by atoms with Crippen LogP contribution in [-0.2, 0) is 17.8 Å². The summed E-state index contributed by atoms with van der Waals surface area (Å²) in [6.45, 7) is 3.24. The van der Waals surface area contributed by atoms with Gasteiger partial charge in [-0.05, 0) is 30.2 Å².